The molecule has 2 aromatic rings. The molecule has 110 valence electrons. The first kappa shape index (κ1) is 14.8. The minimum atomic E-state index is 0.816. The van der Waals surface area contributed by atoms with Crippen LogP contribution in [0.1, 0.15) is 41.8 Å². The molecule has 0 radical (unpaired) electrons. The van der Waals surface area contributed by atoms with Gasteiger partial charge < -0.3 is 4.52 Å². The summed E-state index contributed by atoms with van der Waals surface area (Å²) in [4.78, 5) is 2.27. The van der Waals surface area contributed by atoms with Gasteiger partial charge in [0.05, 0.1) is 17.9 Å². The third-order valence-corrected chi connectivity index (χ3v) is 3.64. The normalized spacial score (nSPS) is 11.4. The zero-order valence-corrected chi connectivity index (χ0v) is 12.9. The second kappa shape index (κ2) is 6.70. The van der Waals surface area contributed by atoms with E-state index in [9.17, 15) is 0 Å². The van der Waals surface area contributed by atoms with Gasteiger partial charge in [-0.15, -0.1) is 0 Å². The van der Waals surface area contributed by atoms with Crippen molar-refractivity contribution in [2.45, 2.75) is 46.6 Å². The van der Waals surface area contributed by atoms with Crippen LogP contribution in [0.5, 0.6) is 0 Å². The molecule has 0 unspecified atom stereocenters. The fourth-order valence-corrected chi connectivity index (χ4v) is 2.41. The molecular weight excluding hydrogens is 252 g/mol. The molecule has 0 fully saturated rings. The maximum Gasteiger partial charge on any atom is 0.150 e. The number of aryl methyl sites for hydroxylation is 3. The molecule has 2 heterocycles. The smallest absolute Gasteiger partial charge is 0.150 e. The summed E-state index contributed by atoms with van der Waals surface area (Å²) < 4.78 is 5.31. The van der Waals surface area contributed by atoms with E-state index in [2.05, 4.69) is 48.1 Å². The van der Waals surface area contributed by atoms with E-state index >= 15 is 0 Å². The lowest BCUT2D eigenvalue weighted by Crippen LogP contribution is -2.19. The van der Waals surface area contributed by atoms with Crippen LogP contribution >= 0.6 is 0 Å². The Hall–Kier alpha value is -1.62. The molecule has 0 aliphatic carbocycles. The Balaban J connectivity index is 1.76. The second-order valence-electron chi connectivity index (χ2n) is 5.39. The summed E-state index contributed by atoms with van der Waals surface area (Å²) in [6.07, 6.45) is 3.11. The summed E-state index contributed by atoms with van der Waals surface area (Å²) in [6, 6.07) is 2.04. The van der Waals surface area contributed by atoms with Gasteiger partial charge in [-0.3, -0.25) is 10.00 Å². The van der Waals surface area contributed by atoms with E-state index in [0.717, 1.165) is 49.5 Å². The molecule has 0 amide bonds. The Morgan fingerprint density at radius 2 is 2.15 bits per heavy atom. The van der Waals surface area contributed by atoms with E-state index < -0.39 is 0 Å². The van der Waals surface area contributed by atoms with Crippen LogP contribution in [0.25, 0.3) is 0 Å². The van der Waals surface area contributed by atoms with Crippen molar-refractivity contribution < 1.29 is 4.52 Å². The van der Waals surface area contributed by atoms with Gasteiger partial charge >= 0.3 is 0 Å². The molecule has 20 heavy (non-hydrogen) atoms. The Morgan fingerprint density at radius 1 is 1.35 bits per heavy atom. The van der Waals surface area contributed by atoms with E-state index in [1.165, 1.54) is 11.3 Å². The van der Waals surface area contributed by atoms with Crippen LogP contribution in [-0.4, -0.2) is 33.8 Å². The largest absolute Gasteiger partial charge is 0.360 e. The Morgan fingerprint density at radius 3 is 2.75 bits per heavy atom. The molecule has 0 bridgehead atoms. The lowest BCUT2D eigenvalue weighted by molar-refractivity contribution is 0.269. The summed E-state index contributed by atoms with van der Waals surface area (Å²) in [5.74, 6) is 0.944. The maximum atomic E-state index is 5.31. The van der Waals surface area contributed by atoms with Crippen LogP contribution in [0.3, 0.4) is 0 Å². The number of aromatic amines is 1. The van der Waals surface area contributed by atoms with Gasteiger partial charge in [0.25, 0.3) is 0 Å². The van der Waals surface area contributed by atoms with E-state index in [-0.39, 0.29) is 0 Å². The standard InChI is InChI=1S/C15H24N4O/c1-5-13-9-14(20-18-13)10-19(4)8-6-7-15-11(2)16-17-12(15)3/h9H,5-8,10H2,1-4H3,(H,16,17). The SMILES string of the molecule is CCc1cc(CN(C)CCCc2c(C)n[nH]c2C)on1. The van der Waals surface area contributed by atoms with Crippen LogP contribution in [0.2, 0.25) is 0 Å². The lowest BCUT2D eigenvalue weighted by Gasteiger charge is -2.14. The lowest BCUT2D eigenvalue weighted by atomic mass is 10.1. The van der Waals surface area contributed by atoms with Crippen molar-refractivity contribution in [2.75, 3.05) is 13.6 Å². The van der Waals surface area contributed by atoms with Crippen LogP contribution in [-0.2, 0) is 19.4 Å². The highest BCUT2D eigenvalue weighted by molar-refractivity contribution is 5.23. The highest BCUT2D eigenvalue weighted by Gasteiger charge is 2.09. The molecule has 5 nitrogen and oxygen atoms in total. The van der Waals surface area contributed by atoms with Gasteiger partial charge in [0, 0.05) is 11.8 Å². The fourth-order valence-electron chi connectivity index (χ4n) is 2.41. The summed E-state index contributed by atoms with van der Waals surface area (Å²) >= 11 is 0. The third-order valence-electron chi connectivity index (χ3n) is 3.64. The predicted molar refractivity (Wildman–Crippen MR) is 78.6 cm³/mol. The van der Waals surface area contributed by atoms with Gasteiger partial charge in [-0.25, -0.2) is 0 Å². The molecule has 5 heteroatoms. The van der Waals surface area contributed by atoms with Gasteiger partial charge in [0.2, 0.25) is 0 Å². The van der Waals surface area contributed by atoms with Gasteiger partial charge in [-0.1, -0.05) is 12.1 Å². The van der Waals surface area contributed by atoms with E-state index in [1.807, 2.05) is 6.07 Å². The Labute approximate surface area is 120 Å². The number of rotatable bonds is 7. The van der Waals surface area contributed by atoms with Gasteiger partial charge in [0.15, 0.2) is 5.76 Å². The van der Waals surface area contributed by atoms with Crippen molar-refractivity contribution in [3.63, 3.8) is 0 Å². The van der Waals surface area contributed by atoms with Crippen LogP contribution in [0.15, 0.2) is 10.6 Å². The van der Waals surface area contributed by atoms with Crippen molar-refractivity contribution in [1.82, 2.24) is 20.3 Å². The molecule has 2 rings (SSSR count). The molecule has 0 spiro atoms. The van der Waals surface area contributed by atoms with Crippen molar-refractivity contribution in [3.05, 3.63) is 34.5 Å². The minimum Gasteiger partial charge on any atom is -0.360 e. The first-order valence-electron chi connectivity index (χ1n) is 7.23. The molecular formula is C15H24N4O. The molecule has 0 saturated heterocycles. The van der Waals surface area contributed by atoms with Crippen LogP contribution in [0, 0.1) is 13.8 Å². The molecule has 0 aliphatic rings. The van der Waals surface area contributed by atoms with E-state index in [1.54, 1.807) is 0 Å². The number of nitrogens with one attached hydrogen (secondary N) is 1. The van der Waals surface area contributed by atoms with Crippen molar-refractivity contribution in [3.8, 4) is 0 Å². The molecule has 0 aromatic carbocycles. The first-order valence-corrected chi connectivity index (χ1v) is 7.23. The van der Waals surface area contributed by atoms with E-state index in [0.29, 0.717) is 0 Å². The summed E-state index contributed by atoms with van der Waals surface area (Å²) in [6.45, 7) is 8.08. The summed E-state index contributed by atoms with van der Waals surface area (Å²) in [7, 11) is 2.11. The number of nitrogens with zero attached hydrogens (tertiary/aromatic N) is 3. The molecule has 0 aliphatic heterocycles. The van der Waals surface area contributed by atoms with Gasteiger partial charge in [-0.2, -0.15) is 5.10 Å². The summed E-state index contributed by atoms with van der Waals surface area (Å²) in [5, 5.41) is 11.3. The average Bonchev–Trinajstić information content (AvgIpc) is 2.99. The second-order valence-corrected chi connectivity index (χ2v) is 5.39. The minimum absolute atomic E-state index is 0.816. The van der Waals surface area contributed by atoms with Crippen molar-refractivity contribution in [1.29, 1.82) is 0 Å². The first-order chi connectivity index (χ1) is 9.60. The molecule has 0 atom stereocenters. The monoisotopic (exact) mass is 276 g/mol. The third kappa shape index (κ3) is 3.70. The molecule has 2 aromatic heterocycles. The number of H-pyrrole nitrogens is 1. The van der Waals surface area contributed by atoms with E-state index in [4.69, 9.17) is 4.52 Å². The fraction of sp³-hybridized carbons (Fsp3) is 0.600. The van der Waals surface area contributed by atoms with Crippen LogP contribution in [0.4, 0.5) is 0 Å². The maximum absolute atomic E-state index is 5.31. The average molecular weight is 276 g/mol. The quantitative estimate of drug-likeness (QED) is 0.844. The van der Waals surface area contributed by atoms with Gasteiger partial charge in [0.1, 0.15) is 0 Å². The number of aromatic nitrogens is 3. The zero-order chi connectivity index (χ0) is 14.5. The van der Waals surface area contributed by atoms with Crippen molar-refractivity contribution in [2.24, 2.45) is 0 Å². The summed E-state index contributed by atoms with van der Waals surface area (Å²) in [5.41, 5.74) is 4.69. The Bertz CT molecular complexity index is 524. The van der Waals surface area contributed by atoms with Crippen molar-refractivity contribution >= 4 is 0 Å². The molecule has 1 N–H and O–H groups in total. The van der Waals surface area contributed by atoms with Crippen LogP contribution < -0.4 is 0 Å². The highest BCUT2D eigenvalue weighted by atomic mass is 16.5. The van der Waals surface area contributed by atoms with Gasteiger partial charge in [-0.05, 0) is 52.3 Å². The number of hydrogen-bond donors (Lipinski definition) is 1. The highest BCUT2D eigenvalue weighted by Crippen LogP contribution is 2.13. The zero-order valence-electron chi connectivity index (χ0n) is 12.9. The topological polar surface area (TPSA) is 58.0 Å². The molecule has 0 saturated carbocycles. The predicted octanol–water partition coefficient (Wildman–Crippen LogP) is 2.64. The Kier molecular flexibility index (Phi) is 4.95. The number of hydrogen-bond acceptors (Lipinski definition) is 4.